The molecule has 0 aromatic rings. The molecule has 0 saturated heterocycles. The summed E-state index contributed by atoms with van der Waals surface area (Å²) in [5.74, 6) is 2.08. The van der Waals surface area contributed by atoms with Crippen LogP contribution in [0.3, 0.4) is 0 Å². The molecule has 3 unspecified atom stereocenters. The van der Waals surface area contributed by atoms with Gasteiger partial charge < -0.3 is 5.32 Å². The Labute approximate surface area is 108 Å². The molecule has 0 heterocycles. The SMILES string of the molecule is CCCNCC1CC12CCCC(CCC)CC2. The summed E-state index contributed by atoms with van der Waals surface area (Å²) >= 11 is 0. The van der Waals surface area contributed by atoms with Crippen molar-refractivity contribution in [3.63, 3.8) is 0 Å². The molecular weight excluding hydrogens is 206 g/mol. The van der Waals surface area contributed by atoms with Gasteiger partial charge in [-0.15, -0.1) is 0 Å². The second-order valence-corrected chi connectivity index (χ2v) is 6.55. The zero-order valence-corrected chi connectivity index (χ0v) is 11.9. The van der Waals surface area contributed by atoms with Crippen molar-refractivity contribution in [2.24, 2.45) is 17.3 Å². The number of hydrogen-bond acceptors (Lipinski definition) is 1. The third-order valence-electron chi connectivity index (χ3n) is 5.21. The molecule has 100 valence electrons. The van der Waals surface area contributed by atoms with E-state index in [1.807, 2.05) is 0 Å². The fourth-order valence-corrected chi connectivity index (χ4v) is 3.99. The molecule has 0 bridgehead atoms. The average Bonchev–Trinajstić information content (AvgIpc) is 3.04. The van der Waals surface area contributed by atoms with Crippen LogP contribution >= 0.6 is 0 Å². The van der Waals surface area contributed by atoms with Gasteiger partial charge in [0.25, 0.3) is 0 Å². The average molecular weight is 237 g/mol. The van der Waals surface area contributed by atoms with E-state index in [1.54, 1.807) is 0 Å². The zero-order valence-electron chi connectivity index (χ0n) is 11.9. The van der Waals surface area contributed by atoms with Crippen LogP contribution in [0.4, 0.5) is 0 Å². The van der Waals surface area contributed by atoms with Crippen LogP contribution in [0.25, 0.3) is 0 Å². The van der Waals surface area contributed by atoms with Crippen molar-refractivity contribution >= 4 is 0 Å². The second-order valence-electron chi connectivity index (χ2n) is 6.55. The first-order valence-electron chi connectivity index (χ1n) is 8.01. The zero-order chi connectivity index (χ0) is 12.1. The Hall–Kier alpha value is -0.0400. The Morgan fingerprint density at radius 1 is 1.12 bits per heavy atom. The van der Waals surface area contributed by atoms with Crippen molar-refractivity contribution in [2.75, 3.05) is 13.1 Å². The first-order chi connectivity index (χ1) is 8.30. The summed E-state index contributed by atoms with van der Waals surface area (Å²) < 4.78 is 0. The fraction of sp³-hybridized carbons (Fsp3) is 1.00. The topological polar surface area (TPSA) is 12.0 Å². The Morgan fingerprint density at radius 3 is 2.76 bits per heavy atom. The van der Waals surface area contributed by atoms with Gasteiger partial charge in [-0.05, 0) is 62.4 Å². The Morgan fingerprint density at radius 2 is 2.00 bits per heavy atom. The highest BCUT2D eigenvalue weighted by molar-refractivity contribution is 5.03. The summed E-state index contributed by atoms with van der Waals surface area (Å²) in [4.78, 5) is 0. The van der Waals surface area contributed by atoms with Crippen LogP contribution in [0.2, 0.25) is 0 Å². The van der Waals surface area contributed by atoms with E-state index in [9.17, 15) is 0 Å². The Kier molecular flexibility index (Phi) is 4.90. The molecular formula is C16H31N. The molecule has 1 N–H and O–H groups in total. The van der Waals surface area contributed by atoms with Gasteiger partial charge in [0, 0.05) is 0 Å². The maximum Gasteiger partial charge on any atom is -0.00150 e. The van der Waals surface area contributed by atoms with Crippen LogP contribution in [0, 0.1) is 17.3 Å². The molecule has 0 aliphatic heterocycles. The van der Waals surface area contributed by atoms with Crippen molar-refractivity contribution in [1.82, 2.24) is 5.32 Å². The molecule has 3 atom stereocenters. The largest absolute Gasteiger partial charge is 0.316 e. The van der Waals surface area contributed by atoms with Gasteiger partial charge in [0.05, 0.1) is 0 Å². The van der Waals surface area contributed by atoms with Crippen LogP contribution in [0.5, 0.6) is 0 Å². The minimum Gasteiger partial charge on any atom is -0.316 e. The molecule has 2 saturated carbocycles. The Bertz CT molecular complexity index is 226. The number of hydrogen-bond donors (Lipinski definition) is 1. The Balaban J connectivity index is 1.72. The van der Waals surface area contributed by atoms with Gasteiger partial charge in [-0.25, -0.2) is 0 Å². The normalized spacial score (nSPS) is 37.1. The fourth-order valence-electron chi connectivity index (χ4n) is 3.99. The lowest BCUT2D eigenvalue weighted by atomic mass is 9.91. The van der Waals surface area contributed by atoms with Crippen molar-refractivity contribution in [3.05, 3.63) is 0 Å². The van der Waals surface area contributed by atoms with E-state index in [0.717, 1.165) is 17.3 Å². The molecule has 1 nitrogen and oxygen atoms in total. The summed E-state index contributed by atoms with van der Waals surface area (Å²) in [6, 6.07) is 0. The molecule has 0 radical (unpaired) electrons. The lowest BCUT2D eigenvalue weighted by molar-refractivity contribution is 0.367. The highest BCUT2D eigenvalue weighted by Crippen LogP contribution is 2.60. The molecule has 0 amide bonds. The van der Waals surface area contributed by atoms with E-state index in [4.69, 9.17) is 0 Å². The maximum absolute atomic E-state index is 3.63. The molecule has 1 spiro atoms. The van der Waals surface area contributed by atoms with Crippen molar-refractivity contribution in [1.29, 1.82) is 0 Å². The summed E-state index contributed by atoms with van der Waals surface area (Å²) in [6.07, 6.45) is 13.3. The predicted octanol–water partition coefficient (Wildman–Crippen LogP) is 4.37. The van der Waals surface area contributed by atoms with Gasteiger partial charge in [0.15, 0.2) is 0 Å². The standard InChI is InChI=1S/C16H31N/c1-3-6-14-7-5-9-16(10-8-14)12-15(16)13-17-11-4-2/h14-15,17H,3-13H2,1-2H3. The van der Waals surface area contributed by atoms with Gasteiger partial charge in [-0.1, -0.05) is 39.5 Å². The van der Waals surface area contributed by atoms with Crippen molar-refractivity contribution in [3.8, 4) is 0 Å². The summed E-state index contributed by atoms with van der Waals surface area (Å²) in [7, 11) is 0. The molecule has 0 aromatic heterocycles. The second kappa shape index (κ2) is 6.22. The van der Waals surface area contributed by atoms with E-state index >= 15 is 0 Å². The van der Waals surface area contributed by atoms with E-state index in [0.29, 0.717) is 0 Å². The summed E-state index contributed by atoms with van der Waals surface area (Å²) in [5, 5.41) is 3.63. The first-order valence-corrected chi connectivity index (χ1v) is 8.01. The van der Waals surface area contributed by atoms with Gasteiger partial charge in [0.2, 0.25) is 0 Å². The van der Waals surface area contributed by atoms with Crippen LogP contribution in [-0.4, -0.2) is 13.1 Å². The van der Waals surface area contributed by atoms with Crippen molar-refractivity contribution < 1.29 is 0 Å². The van der Waals surface area contributed by atoms with E-state index < -0.39 is 0 Å². The van der Waals surface area contributed by atoms with Gasteiger partial charge in [0.1, 0.15) is 0 Å². The quantitative estimate of drug-likeness (QED) is 0.676. The van der Waals surface area contributed by atoms with E-state index in [2.05, 4.69) is 19.2 Å². The predicted molar refractivity (Wildman–Crippen MR) is 75.2 cm³/mol. The molecule has 17 heavy (non-hydrogen) atoms. The number of nitrogens with one attached hydrogen (secondary N) is 1. The number of rotatable bonds is 6. The van der Waals surface area contributed by atoms with Crippen LogP contribution in [-0.2, 0) is 0 Å². The minimum absolute atomic E-state index is 0.795. The third-order valence-corrected chi connectivity index (χ3v) is 5.21. The molecule has 0 aromatic carbocycles. The smallest absolute Gasteiger partial charge is 0.00150 e. The van der Waals surface area contributed by atoms with Gasteiger partial charge in [-0.2, -0.15) is 0 Å². The van der Waals surface area contributed by atoms with E-state index in [1.165, 1.54) is 70.9 Å². The highest BCUT2D eigenvalue weighted by Gasteiger charge is 2.52. The van der Waals surface area contributed by atoms with Gasteiger partial charge in [-0.3, -0.25) is 0 Å². The molecule has 2 aliphatic rings. The minimum atomic E-state index is 0.795. The first kappa shape index (κ1) is 13.4. The third kappa shape index (κ3) is 3.47. The lowest BCUT2D eigenvalue weighted by Gasteiger charge is -2.15. The maximum atomic E-state index is 3.63. The van der Waals surface area contributed by atoms with Crippen LogP contribution < -0.4 is 5.32 Å². The lowest BCUT2D eigenvalue weighted by Crippen LogP contribution is -2.20. The highest BCUT2D eigenvalue weighted by atomic mass is 14.9. The molecule has 1 heteroatoms. The monoisotopic (exact) mass is 237 g/mol. The van der Waals surface area contributed by atoms with Crippen molar-refractivity contribution in [2.45, 2.75) is 71.6 Å². The summed E-state index contributed by atoms with van der Waals surface area (Å²) in [5.41, 5.74) is 0.795. The molecule has 2 aliphatic carbocycles. The molecule has 2 rings (SSSR count). The van der Waals surface area contributed by atoms with Crippen LogP contribution in [0.1, 0.15) is 71.6 Å². The summed E-state index contributed by atoms with van der Waals surface area (Å²) in [6.45, 7) is 7.11. The molecule has 2 fully saturated rings. The van der Waals surface area contributed by atoms with Crippen LogP contribution in [0.15, 0.2) is 0 Å². The van der Waals surface area contributed by atoms with Gasteiger partial charge >= 0.3 is 0 Å². The van der Waals surface area contributed by atoms with E-state index in [-0.39, 0.29) is 0 Å².